The monoisotopic (exact) mass is 605 g/mol. The molecule has 3 rings (SSSR count). The summed E-state index contributed by atoms with van der Waals surface area (Å²) < 4.78 is 13.8. The van der Waals surface area contributed by atoms with Gasteiger partial charge >= 0.3 is 0 Å². The number of benzene rings is 3. The molecule has 0 radical (unpaired) electrons. The van der Waals surface area contributed by atoms with E-state index in [0.717, 1.165) is 36.4 Å². The van der Waals surface area contributed by atoms with Gasteiger partial charge in [0.05, 0.1) is 15.2 Å². The fraction of sp³-hybridized carbons (Fsp3) is 0.182. The van der Waals surface area contributed by atoms with Crippen LogP contribution in [0.2, 0.25) is 10.0 Å². The summed E-state index contributed by atoms with van der Waals surface area (Å²) in [5.74, 6) is 1.48. The van der Waals surface area contributed by atoms with Crippen molar-refractivity contribution in [3.63, 3.8) is 0 Å². The third-order valence-corrected chi connectivity index (χ3v) is 6.37. The maximum atomic E-state index is 6.17. The summed E-state index contributed by atoms with van der Waals surface area (Å²) in [4.78, 5) is 0. The average Bonchev–Trinajstić information content (AvgIpc) is 2.70. The smallest absolute Gasteiger partial charge is 0.174 e. The van der Waals surface area contributed by atoms with Gasteiger partial charge in [-0.2, -0.15) is 0 Å². The Morgan fingerprint density at radius 2 is 1.72 bits per heavy atom. The molecule has 0 fully saturated rings. The molecule has 0 spiro atoms. The SMILES string of the molecule is CCOc1cc(CNc2ccc(Br)c(Cl)c2)cc(I)c1OCc1ccc(Cl)cc1. The molecule has 0 aliphatic rings. The highest BCUT2D eigenvalue weighted by molar-refractivity contribution is 14.1. The first-order valence-corrected chi connectivity index (χ1v) is 11.6. The van der Waals surface area contributed by atoms with E-state index in [4.69, 9.17) is 32.7 Å². The van der Waals surface area contributed by atoms with Crippen molar-refractivity contribution in [2.75, 3.05) is 11.9 Å². The molecule has 0 unspecified atom stereocenters. The molecular formula is C22H19BrCl2INO2. The van der Waals surface area contributed by atoms with Crippen LogP contribution < -0.4 is 14.8 Å². The minimum Gasteiger partial charge on any atom is -0.490 e. The first-order valence-electron chi connectivity index (χ1n) is 8.97. The Kier molecular flexibility index (Phi) is 8.35. The van der Waals surface area contributed by atoms with Gasteiger partial charge in [0.1, 0.15) is 6.61 Å². The molecule has 0 atom stereocenters. The van der Waals surface area contributed by atoms with Crippen molar-refractivity contribution in [1.29, 1.82) is 0 Å². The highest BCUT2D eigenvalue weighted by Crippen LogP contribution is 2.35. The van der Waals surface area contributed by atoms with Crippen molar-refractivity contribution in [3.05, 3.63) is 83.8 Å². The lowest BCUT2D eigenvalue weighted by Gasteiger charge is -2.16. The number of rotatable bonds is 8. The Hall–Kier alpha value is -1.15. The van der Waals surface area contributed by atoms with Crippen LogP contribution in [0.1, 0.15) is 18.1 Å². The molecule has 29 heavy (non-hydrogen) atoms. The van der Waals surface area contributed by atoms with E-state index in [-0.39, 0.29) is 0 Å². The van der Waals surface area contributed by atoms with Crippen LogP contribution in [0.5, 0.6) is 11.5 Å². The molecule has 0 aliphatic heterocycles. The molecule has 3 nitrogen and oxygen atoms in total. The molecule has 0 heterocycles. The van der Waals surface area contributed by atoms with Gasteiger partial charge < -0.3 is 14.8 Å². The van der Waals surface area contributed by atoms with Crippen molar-refractivity contribution in [2.24, 2.45) is 0 Å². The zero-order chi connectivity index (χ0) is 20.8. The number of nitrogens with one attached hydrogen (secondary N) is 1. The zero-order valence-corrected chi connectivity index (χ0v) is 20.9. The van der Waals surface area contributed by atoms with Crippen LogP contribution >= 0.6 is 61.7 Å². The topological polar surface area (TPSA) is 30.5 Å². The predicted molar refractivity (Wildman–Crippen MR) is 133 cm³/mol. The lowest BCUT2D eigenvalue weighted by molar-refractivity contribution is 0.267. The standard InChI is InChI=1S/C22H19BrCl2INO2/c1-2-28-21-10-15(12-27-17-7-8-18(23)19(25)11-17)9-20(26)22(21)29-13-14-3-5-16(24)6-4-14/h3-11,27H,2,12-13H2,1H3. The van der Waals surface area contributed by atoms with E-state index in [1.807, 2.05) is 55.5 Å². The zero-order valence-electron chi connectivity index (χ0n) is 15.6. The van der Waals surface area contributed by atoms with Gasteiger partial charge in [-0.25, -0.2) is 0 Å². The van der Waals surface area contributed by atoms with Gasteiger partial charge in [-0.1, -0.05) is 35.3 Å². The molecule has 0 aliphatic carbocycles. The molecule has 0 aromatic heterocycles. The fourth-order valence-electron chi connectivity index (χ4n) is 2.67. The lowest BCUT2D eigenvalue weighted by Crippen LogP contribution is -2.05. The molecule has 7 heteroatoms. The number of anilines is 1. The lowest BCUT2D eigenvalue weighted by atomic mass is 10.2. The maximum absolute atomic E-state index is 6.17. The van der Waals surface area contributed by atoms with E-state index in [0.29, 0.717) is 29.8 Å². The van der Waals surface area contributed by atoms with Gasteiger partial charge in [-0.15, -0.1) is 0 Å². The van der Waals surface area contributed by atoms with Crippen LogP contribution in [-0.4, -0.2) is 6.61 Å². The first-order chi connectivity index (χ1) is 14.0. The second-order valence-electron chi connectivity index (χ2n) is 6.24. The predicted octanol–water partition coefficient (Wildman–Crippen LogP) is 7.95. The van der Waals surface area contributed by atoms with E-state index in [1.54, 1.807) is 0 Å². The van der Waals surface area contributed by atoms with Crippen LogP contribution in [0, 0.1) is 3.57 Å². The molecule has 0 saturated heterocycles. The minimum atomic E-state index is 0.447. The molecule has 3 aromatic rings. The van der Waals surface area contributed by atoms with E-state index in [9.17, 15) is 0 Å². The Bertz CT molecular complexity index is 983. The van der Waals surface area contributed by atoms with Crippen molar-refractivity contribution < 1.29 is 9.47 Å². The molecule has 0 bridgehead atoms. The van der Waals surface area contributed by atoms with Crippen molar-refractivity contribution in [2.45, 2.75) is 20.1 Å². The largest absolute Gasteiger partial charge is 0.490 e. The number of ether oxygens (including phenoxy) is 2. The summed E-state index contributed by atoms with van der Waals surface area (Å²) in [7, 11) is 0. The van der Waals surface area contributed by atoms with Crippen molar-refractivity contribution in [3.8, 4) is 11.5 Å². The van der Waals surface area contributed by atoms with E-state index in [2.05, 4.69) is 49.9 Å². The van der Waals surface area contributed by atoms with Gasteiger partial charge in [0, 0.05) is 21.7 Å². The third kappa shape index (κ3) is 6.41. The molecule has 1 N–H and O–H groups in total. The Labute approximate surface area is 203 Å². The van der Waals surface area contributed by atoms with E-state index < -0.39 is 0 Å². The van der Waals surface area contributed by atoms with E-state index in [1.165, 1.54) is 0 Å². The summed E-state index contributed by atoms with van der Waals surface area (Å²) in [6, 6.07) is 17.5. The molecule has 152 valence electrons. The molecule has 0 saturated carbocycles. The van der Waals surface area contributed by atoms with Crippen molar-refractivity contribution in [1.82, 2.24) is 0 Å². The second kappa shape index (κ2) is 10.8. The quantitative estimate of drug-likeness (QED) is 0.264. The van der Waals surface area contributed by atoms with Gasteiger partial charge in [0.2, 0.25) is 0 Å². The third-order valence-electron chi connectivity index (χ3n) is 4.08. The van der Waals surface area contributed by atoms with Gasteiger partial charge in [-0.05, 0) is 99.0 Å². The summed E-state index contributed by atoms with van der Waals surface area (Å²) in [5.41, 5.74) is 3.09. The minimum absolute atomic E-state index is 0.447. The number of hydrogen-bond acceptors (Lipinski definition) is 3. The summed E-state index contributed by atoms with van der Waals surface area (Å²) in [6.45, 7) is 3.62. The summed E-state index contributed by atoms with van der Waals surface area (Å²) >= 11 is 17.8. The second-order valence-corrected chi connectivity index (χ2v) is 9.10. The normalized spacial score (nSPS) is 10.7. The van der Waals surface area contributed by atoms with Crippen LogP contribution in [0.25, 0.3) is 0 Å². The Morgan fingerprint density at radius 3 is 2.41 bits per heavy atom. The number of hydrogen-bond donors (Lipinski definition) is 1. The van der Waals surface area contributed by atoms with Crippen molar-refractivity contribution >= 4 is 67.4 Å². The maximum Gasteiger partial charge on any atom is 0.174 e. The highest BCUT2D eigenvalue weighted by Gasteiger charge is 2.13. The fourth-order valence-corrected chi connectivity index (χ4v) is 4.05. The molecule has 3 aromatic carbocycles. The molecular weight excluding hydrogens is 588 g/mol. The summed E-state index contributed by atoms with van der Waals surface area (Å²) in [5, 5.41) is 4.77. The van der Waals surface area contributed by atoms with Gasteiger partial charge in [-0.3, -0.25) is 0 Å². The van der Waals surface area contributed by atoms with E-state index >= 15 is 0 Å². The summed E-state index contributed by atoms with van der Waals surface area (Å²) in [6.07, 6.45) is 0. The van der Waals surface area contributed by atoms with Crippen LogP contribution in [0.3, 0.4) is 0 Å². The van der Waals surface area contributed by atoms with Crippen LogP contribution in [0.15, 0.2) is 59.1 Å². The number of halogens is 4. The molecule has 0 amide bonds. The highest BCUT2D eigenvalue weighted by atomic mass is 127. The van der Waals surface area contributed by atoms with Crippen LogP contribution in [0.4, 0.5) is 5.69 Å². The van der Waals surface area contributed by atoms with Gasteiger partial charge in [0.15, 0.2) is 11.5 Å². The Morgan fingerprint density at radius 1 is 0.966 bits per heavy atom. The average molecular weight is 607 g/mol. The van der Waals surface area contributed by atoms with Gasteiger partial charge in [0.25, 0.3) is 0 Å². The van der Waals surface area contributed by atoms with Crippen LogP contribution in [-0.2, 0) is 13.2 Å². The Balaban J connectivity index is 1.74. The first kappa shape index (κ1) is 22.5.